The standard InChI is InChI=1S/C40H48O4Si/c1-39(2,3)27-21-23-35(41)33(25-27)31-17-7-9-19-37(31)43-45(29-13-11-14-29,30-15-12-16-30)44-38-20-10-8-18-32(38)34-26-28(40(4,5)6)22-24-36(34)42/h7-10,17-26,29-30,41-42H,11-16H2,1-6H3. The van der Waals surface area contributed by atoms with Gasteiger partial charge in [0.15, 0.2) is 0 Å². The molecule has 0 spiro atoms. The second-order valence-corrected chi connectivity index (χ2v) is 18.6. The van der Waals surface area contributed by atoms with Gasteiger partial charge in [0.2, 0.25) is 0 Å². The average Bonchev–Trinajstić information content (AvgIpc) is 2.91. The van der Waals surface area contributed by atoms with Gasteiger partial charge in [0, 0.05) is 33.3 Å². The van der Waals surface area contributed by atoms with E-state index in [4.69, 9.17) is 8.85 Å². The number of benzene rings is 4. The third-order valence-corrected chi connectivity index (χ3v) is 14.5. The maximum absolute atomic E-state index is 11.1. The van der Waals surface area contributed by atoms with Gasteiger partial charge in [0.25, 0.3) is 0 Å². The van der Waals surface area contributed by atoms with E-state index in [-0.39, 0.29) is 22.3 Å². The molecule has 4 aromatic rings. The number of phenolic OH excluding ortho intramolecular Hbond substituents is 2. The molecule has 0 bridgehead atoms. The summed E-state index contributed by atoms with van der Waals surface area (Å²) in [6, 6.07) is 28.1. The fourth-order valence-corrected chi connectivity index (χ4v) is 11.5. The summed E-state index contributed by atoms with van der Waals surface area (Å²) in [5.74, 6) is 2.05. The number of phenols is 2. The zero-order valence-corrected chi connectivity index (χ0v) is 28.7. The summed E-state index contributed by atoms with van der Waals surface area (Å²) < 4.78 is 14.8. The average molecular weight is 621 g/mol. The highest BCUT2D eigenvalue weighted by Crippen LogP contribution is 2.55. The van der Waals surface area contributed by atoms with E-state index in [1.807, 2.05) is 48.5 Å². The summed E-state index contributed by atoms with van der Waals surface area (Å²) in [6.07, 6.45) is 6.77. The van der Waals surface area contributed by atoms with Crippen LogP contribution in [0.15, 0.2) is 84.9 Å². The van der Waals surface area contributed by atoms with E-state index in [1.54, 1.807) is 12.1 Å². The molecular weight excluding hydrogens is 573 g/mol. The fourth-order valence-electron chi connectivity index (χ4n) is 6.65. The minimum absolute atomic E-state index is 0.0582. The number of hydrogen-bond donors (Lipinski definition) is 2. The lowest BCUT2D eigenvalue weighted by Crippen LogP contribution is -2.60. The molecule has 0 aromatic heterocycles. The Labute approximate surface area is 270 Å². The van der Waals surface area contributed by atoms with E-state index >= 15 is 0 Å². The highest BCUT2D eigenvalue weighted by atomic mass is 28.4. The highest BCUT2D eigenvalue weighted by Gasteiger charge is 2.60. The zero-order valence-electron chi connectivity index (χ0n) is 27.7. The molecule has 4 nitrogen and oxygen atoms in total. The molecule has 5 heteroatoms. The van der Waals surface area contributed by atoms with E-state index in [0.717, 1.165) is 70.6 Å². The summed E-state index contributed by atoms with van der Waals surface area (Å²) >= 11 is 0. The Hall–Kier alpha value is -3.70. The van der Waals surface area contributed by atoms with Crippen LogP contribution in [0.4, 0.5) is 0 Å². The Morgan fingerprint density at radius 2 is 0.911 bits per heavy atom. The van der Waals surface area contributed by atoms with Crippen molar-refractivity contribution in [1.29, 1.82) is 0 Å². The predicted octanol–water partition coefficient (Wildman–Crippen LogP) is 11.0. The van der Waals surface area contributed by atoms with Crippen LogP contribution in [0.3, 0.4) is 0 Å². The van der Waals surface area contributed by atoms with Crippen LogP contribution in [0.25, 0.3) is 22.3 Å². The Morgan fingerprint density at radius 1 is 0.533 bits per heavy atom. The molecule has 2 saturated carbocycles. The summed E-state index contributed by atoms with van der Waals surface area (Å²) in [4.78, 5) is 0. The van der Waals surface area contributed by atoms with Gasteiger partial charge in [-0.15, -0.1) is 0 Å². The Morgan fingerprint density at radius 3 is 1.24 bits per heavy atom. The third-order valence-electron chi connectivity index (χ3n) is 9.97. The number of aromatic hydroxyl groups is 2. The van der Waals surface area contributed by atoms with Crippen LogP contribution >= 0.6 is 0 Å². The smallest absolute Gasteiger partial charge is 0.466 e. The molecule has 4 aromatic carbocycles. The van der Waals surface area contributed by atoms with Crippen LogP contribution in [0.2, 0.25) is 11.1 Å². The first kappa shape index (κ1) is 31.3. The second-order valence-electron chi connectivity index (χ2n) is 15.1. The topological polar surface area (TPSA) is 58.9 Å². The molecule has 0 heterocycles. The van der Waals surface area contributed by atoms with Crippen LogP contribution in [0.1, 0.15) is 91.2 Å². The third kappa shape index (κ3) is 6.12. The van der Waals surface area contributed by atoms with Crippen LogP contribution in [0.5, 0.6) is 23.0 Å². The van der Waals surface area contributed by atoms with Crippen LogP contribution in [-0.4, -0.2) is 18.8 Å². The first-order valence-corrected chi connectivity index (χ1v) is 18.6. The van der Waals surface area contributed by atoms with Crippen molar-refractivity contribution in [2.75, 3.05) is 0 Å². The maximum atomic E-state index is 11.1. The Kier molecular flexibility index (Phi) is 8.28. The summed E-state index contributed by atoms with van der Waals surface area (Å²) in [7, 11) is -2.94. The van der Waals surface area contributed by atoms with Crippen molar-refractivity contribution in [3.8, 4) is 45.3 Å². The van der Waals surface area contributed by atoms with E-state index < -0.39 is 8.56 Å². The van der Waals surface area contributed by atoms with Crippen molar-refractivity contribution in [2.24, 2.45) is 0 Å². The molecule has 236 valence electrons. The first-order chi connectivity index (χ1) is 21.4. The molecule has 0 atom stereocenters. The van der Waals surface area contributed by atoms with Gasteiger partial charge in [-0.25, -0.2) is 0 Å². The van der Waals surface area contributed by atoms with Crippen LogP contribution in [-0.2, 0) is 10.8 Å². The molecule has 2 fully saturated rings. The normalized spacial score (nSPS) is 16.1. The minimum Gasteiger partial charge on any atom is -0.511 e. The molecule has 0 amide bonds. The number of hydrogen-bond acceptors (Lipinski definition) is 4. The molecule has 45 heavy (non-hydrogen) atoms. The van der Waals surface area contributed by atoms with Gasteiger partial charge >= 0.3 is 8.56 Å². The number of rotatable bonds is 8. The monoisotopic (exact) mass is 620 g/mol. The second kappa shape index (κ2) is 11.9. The van der Waals surface area contributed by atoms with Gasteiger partial charge in [-0.2, -0.15) is 0 Å². The molecule has 0 saturated heterocycles. The van der Waals surface area contributed by atoms with Crippen molar-refractivity contribution in [3.05, 3.63) is 96.1 Å². The van der Waals surface area contributed by atoms with Gasteiger partial charge in [0.05, 0.1) is 0 Å². The largest absolute Gasteiger partial charge is 0.511 e. The zero-order chi connectivity index (χ0) is 32.0. The molecule has 2 aliphatic rings. The van der Waals surface area contributed by atoms with Crippen molar-refractivity contribution < 1.29 is 19.1 Å². The lowest BCUT2D eigenvalue weighted by atomic mass is 9.85. The first-order valence-electron chi connectivity index (χ1n) is 16.6. The van der Waals surface area contributed by atoms with Gasteiger partial charge in [-0.1, -0.05) is 103 Å². The van der Waals surface area contributed by atoms with Gasteiger partial charge in [-0.05, 0) is 84.0 Å². The number of para-hydroxylation sites is 2. The molecule has 6 rings (SSSR count). The summed E-state index contributed by atoms with van der Waals surface area (Å²) in [6.45, 7) is 13.1. The van der Waals surface area contributed by atoms with Crippen molar-refractivity contribution in [3.63, 3.8) is 0 Å². The lowest BCUT2D eigenvalue weighted by molar-refractivity contribution is 0.268. The molecule has 0 radical (unpaired) electrons. The van der Waals surface area contributed by atoms with E-state index in [9.17, 15) is 10.2 Å². The van der Waals surface area contributed by atoms with Gasteiger partial charge in [0.1, 0.15) is 23.0 Å². The van der Waals surface area contributed by atoms with Crippen molar-refractivity contribution in [2.45, 2.75) is 102 Å². The lowest BCUT2D eigenvalue weighted by Gasteiger charge is -2.49. The summed E-state index contributed by atoms with van der Waals surface area (Å²) in [5, 5.41) is 22.2. The summed E-state index contributed by atoms with van der Waals surface area (Å²) in [5.41, 5.74) is 6.30. The fraction of sp³-hybridized carbons (Fsp3) is 0.400. The van der Waals surface area contributed by atoms with Crippen LogP contribution < -0.4 is 8.85 Å². The Balaban J connectivity index is 1.47. The van der Waals surface area contributed by atoms with Gasteiger partial charge < -0.3 is 19.1 Å². The quantitative estimate of drug-likeness (QED) is 0.192. The maximum Gasteiger partial charge on any atom is 0.466 e. The SMILES string of the molecule is CC(C)(C)c1ccc(O)c(-c2ccccc2O[Si](Oc2ccccc2-c2cc(C(C)(C)C)ccc2O)(C2CCC2)C2CCC2)c1. The minimum atomic E-state index is -2.94. The molecular formula is C40H48O4Si. The molecule has 2 aliphatic carbocycles. The molecule has 0 aliphatic heterocycles. The van der Waals surface area contributed by atoms with Crippen LogP contribution in [0, 0.1) is 0 Å². The van der Waals surface area contributed by atoms with Crippen molar-refractivity contribution >= 4 is 8.56 Å². The van der Waals surface area contributed by atoms with E-state index in [1.165, 1.54) is 12.8 Å². The Bertz CT molecular complexity index is 1550. The predicted molar refractivity (Wildman–Crippen MR) is 187 cm³/mol. The molecule has 2 N–H and O–H groups in total. The van der Waals surface area contributed by atoms with Crippen molar-refractivity contribution in [1.82, 2.24) is 0 Å². The van der Waals surface area contributed by atoms with E-state index in [2.05, 4.69) is 65.8 Å². The highest BCUT2D eigenvalue weighted by molar-refractivity contribution is 6.72. The van der Waals surface area contributed by atoms with E-state index in [0.29, 0.717) is 11.1 Å². The molecule has 0 unspecified atom stereocenters. The van der Waals surface area contributed by atoms with Gasteiger partial charge in [-0.3, -0.25) is 0 Å².